The Kier molecular flexibility index (Phi) is 3.84. The highest BCUT2D eigenvalue weighted by Crippen LogP contribution is 2.14. The molecule has 1 aromatic heterocycles. The van der Waals surface area contributed by atoms with Crippen molar-refractivity contribution < 1.29 is 18.3 Å². The molecule has 2 aromatic carbocycles. The lowest BCUT2D eigenvalue weighted by Crippen LogP contribution is -2.15. The van der Waals surface area contributed by atoms with E-state index in [4.69, 9.17) is 4.74 Å². The second kappa shape index (κ2) is 5.96. The Bertz CT molecular complexity index is 933. The molecule has 0 fully saturated rings. The van der Waals surface area contributed by atoms with Gasteiger partial charge in [0.25, 0.3) is 5.56 Å². The number of aromatic nitrogens is 2. The first-order chi connectivity index (χ1) is 11.1. The number of carbonyl (C=O) groups excluding carboxylic acids is 1. The number of H-pyrrole nitrogens is 1. The summed E-state index contributed by atoms with van der Waals surface area (Å²) in [5, 5.41) is 0.391. The summed E-state index contributed by atoms with van der Waals surface area (Å²) < 4.78 is 31.8. The topological polar surface area (TPSA) is 72.0 Å². The summed E-state index contributed by atoms with van der Waals surface area (Å²) in [5.41, 5.74) is -0.742. The van der Waals surface area contributed by atoms with Crippen molar-refractivity contribution >= 4 is 16.9 Å². The van der Waals surface area contributed by atoms with Crippen LogP contribution < -0.4 is 5.56 Å². The Morgan fingerprint density at radius 1 is 1.09 bits per heavy atom. The molecule has 3 aromatic rings. The number of esters is 1. The van der Waals surface area contributed by atoms with Gasteiger partial charge in [0.15, 0.2) is 0 Å². The number of nitrogens with one attached hydrogen (secondary N) is 1. The van der Waals surface area contributed by atoms with Crippen molar-refractivity contribution in [1.29, 1.82) is 0 Å². The number of hydrogen-bond donors (Lipinski definition) is 1. The zero-order valence-corrected chi connectivity index (χ0v) is 11.7. The van der Waals surface area contributed by atoms with E-state index in [0.29, 0.717) is 10.9 Å². The Labute approximate surface area is 128 Å². The van der Waals surface area contributed by atoms with Crippen molar-refractivity contribution in [2.75, 3.05) is 0 Å². The standard InChI is InChI=1S/C16H10F2N2O3/c17-10-5-3-6-11(18)14(10)16(22)23-8-13-19-12-7-2-1-4-9(12)15(21)20-13/h1-7H,8H2,(H,19,20,21). The number of ether oxygens (including phenoxy) is 1. The molecule has 0 bridgehead atoms. The monoisotopic (exact) mass is 316 g/mol. The van der Waals surface area contributed by atoms with E-state index in [1.165, 1.54) is 0 Å². The van der Waals surface area contributed by atoms with Crippen LogP contribution in [0.1, 0.15) is 16.2 Å². The molecular weight excluding hydrogens is 306 g/mol. The Hall–Kier alpha value is -3.09. The molecule has 5 nitrogen and oxygen atoms in total. The van der Waals surface area contributed by atoms with E-state index in [1.807, 2.05) is 0 Å². The number of para-hydroxylation sites is 1. The van der Waals surface area contributed by atoms with E-state index in [1.54, 1.807) is 24.3 Å². The van der Waals surface area contributed by atoms with Crippen LogP contribution in [0.3, 0.4) is 0 Å². The molecule has 0 aliphatic carbocycles. The predicted molar refractivity (Wildman–Crippen MR) is 77.8 cm³/mol. The lowest BCUT2D eigenvalue weighted by atomic mass is 10.2. The van der Waals surface area contributed by atoms with Crippen LogP contribution >= 0.6 is 0 Å². The highest BCUT2D eigenvalue weighted by molar-refractivity contribution is 5.90. The summed E-state index contributed by atoms with van der Waals surface area (Å²) >= 11 is 0. The number of rotatable bonds is 3. The van der Waals surface area contributed by atoms with Gasteiger partial charge in [0, 0.05) is 0 Å². The van der Waals surface area contributed by atoms with Crippen molar-refractivity contribution in [2.45, 2.75) is 6.61 Å². The van der Waals surface area contributed by atoms with Crippen LogP contribution in [0.4, 0.5) is 8.78 Å². The largest absolute Gasteiger partial charge is 0.454 e. The summed E-state index contributed by atoms with van der Waals surface area (Å²) in [6.45, 7) is -0.410. The maximum absolute atomic E-state index is 13.5. The summed E-state index contributed by atoms with van der Waals surface area (Å²) in [5.74, 6) is -3.12. The minimum Gasteiger partial charge on any atom is -0.454 e. The number of carbonyl (C=O) groups is 1. The zero-order valence-electron chi connectivity index (χ0n) is 11.7. The van der Waals surface area contributed by atoms with E-state index in [0.717, 1.165) is 18.2 Å². The fourth-order valence-electron chi connectivity index (χ4n) is 2.10. The van der Waals surface area contributed by atoms with Crippen molar-refractivity contribution in [3.05, 3.63) is 75.8 Å². The molecule has 0 aliphatic heterocycles. The van der Waals surface area contributed by atoms with Gasteiger partial charge in [-0.05, 0) is 24.3 Å². The fraction of sp³-hybridized carbons (Fsp3) is 0.0625. The highest BCUT2D eigenvalue weighted by atomic mass is 19.1. The molecule has 0 radical (unpaired) electrons. The quantitative estimate of drug-likeness (QED) is 0.754. The van der Waals surface area contributed by atoms with Crippen molar-refractivity contribution in [2.24, 2.45) is 0 Å². The third-order valence-corrected chi connectivity index (χ3v) is 3.17. The summed E-state index contributed by atoms with van der Waals surface area (Å²) in [7, 11) is 0. The van der Waals surface area contributed by atoms with E-state index < -0.39 is 35.3 Å². The van der Waals surface area contributed by atoms with Gasteiger partial charge in [0.2, 0.25) is 0 Å². The van der Waals surface area contributed by atoms with Crippen LogP contribution in [-0.4, -0.2) is 15.9 Å². The molecule has 1 N–H and O–H groups in total. The molecule has 0 amide bonds. The van der Waals surface area contributed by atoms with E-state index in [-0.39, 0.29) is 5.82 Å². The van der Waals surface area contributed by atoms with E-state index in [2.05, 4.69) is 9.97 Å². The SMILES string of the molecule is O=C(OCc1nc2ccccc2c(=O)[nH]1)c1c(F)cccc1F. The molecule has 1 heterocycles. The van der Waals surface area contributed by atoms with Gasteiger partial charge in [-0.1, -0.05) is 18.2 Å². The molecule has 0 aliphatic rings. The van der Waals surface area contributed by atoms with Crippen LogP contribution in [0.2, 0.25) is 0 Å². The molecule has 0 unspecified atom stereocenters. The van der Waals surface area contributed by atoms with Gasteiger partial charge in [-0.25, -0.2) is 18.6 Å². The number of fused-ring (bicyclic) bond motifs is 1. The third kappa shape index (κ3) is 2.94. The first kappa shape index (κ1) is 14.8. The van der Waals surface area contributed by atoms with E-state index in [9.17, 15) is 18.4 Å². The number of halogens is 2. The van der Waals surface area contributed by atoms with Gasteiger partial charge >= 0.3 is 5.97 Å². The van der Waals surface area contributed by atoms with Crippen LogP contribution in [-0.2, 0) is 11.3 Å². The number of hydrogen-bond acceptors (Lipinski definition) is 4. The molecule has 0 saturated carbocycles. The molecule has 0 saturated heterocycles. The summed E-state index contributed by atoms with van der Waals surface area (Å²) in [6, 6.07) is 9.69. The number of aromatic amines is 1. The molecule has 23 heavy (non-hydrogen) atoms. The molecule has 7 heteroatoms. The van der Waals surface area contributed by atoms with Crippen LogP contribution in [0.25, 0.3) is 10.9 Å². The van der Waals surface area contributed by atoms with E-state index >= 15 is 0 Å². The fourth-order valence-corrected chi connectivity index (χ4v) is 2.10. The van der Waals surface area contributed by atoms with Gasteiger partial charge in [0.05, 0.1) is 10.9 Å². The average molecular weight is 316 g/mol. The zero-order chi connectivity index (χ0) is 16.4. The van der Waals surface area contributed by atoms with Crippen molar-refractivity contribution in [3.63, 3.8) is 0 Å². The molecule has 116 valence electrons. The van der Waals surface area contributed by atoms with Crippen LogP contribution in [0, 0.1) is 11.6 Å². The highest BCUT2D eigenvalue weighted by Gasteiger charge is 2.19. The Balaban J connectivity index is 1.83. The van der Waals surface area contributed by atoms with Gasteiger partial charge in [-0.3, -0.25) is 4.79 Å². The van der Waals surface area contributed by atoms with Gasteiger partial charge in [0.1, 0.15) is 29.6 Å². The Morgan fingerprint density at radius 3 is 2.52 bits per heavy atom. The normalized spacial score (nSPS) is 10.7. The molecular formula is C16H10F2N2O3. The molecule has 0 spiro atoms. The maximum Gasteiger partial charge on any atom is 0.344 e. The van der Waals surface area contributed by atoms with Gasteiger partial charge < -0.3 is 9.72 Å². The van der Waals surface area contributed by atoms with Crippen molar-refractivity contribution in [1.82, 2.24) is 9.97 Å². The first-order valence-electron chi connectivity index (χ1n) is 6.65. The lowest BCUT2D eigenvalue weighted by Gasteiger charge is -2.06. The minimum absolute atomic E-state index is 0.0822. The first-order valence-corrected chi connectivity index (χ1v) is 6.65. The molecule has 3 rings (SSSR count). The second-order valence-electron chi connectivity index (χ2n) is 4.70. The van der Waals surface area contributed by atoms with Crippen LogP contribution in [0.5, 0.6) is 0 Å². The average Bonchev–Trinajstić information content (AvgIpc) is 2.53. The maximum atomic E-state index is 13.5. The minimum atomic E-state index is -1.17. The number of nitrogens with zero attached hydrogens (tertiary/aromatic N) is 1. The smallest absolute Gasteiger partial charge is 0.344 e. The summed E-state index contributed by atoms with van der Waals surface area (Å²) in [6.07, 6.45) is 0. The van der Waals surface area contributed by atoms with Gasteiger partial charge in [-0.2, -0.15) is 0 Å². The third-order valence-electron chi connectivity index (χ3n) is 3.17. The number of benzene rings is 2. The second-order valence-corrected chi connectivity index (χ2v) is 4.70. The lowest BCUT2D eigenvalue weighted by molar-refractivity contribution is 0.0451. The molecule has 0 atom stereocenters. The van der Waals surface area contributed by atoms with Crippen molar-refractivity contribution in [3.8, 4) is 0 Å². The summed E-state index contributed by atoms with van der Waals surface area (Å²) in [4.78, 5) is 30.2. The Morgan fingerprint density at radius 2 is 1.78 bits per heavy atom. The van der Waals surface area contributed by atoms with Gasteiger partial charge in [-0.15, -0.1) is 0 Å². The van der Waals surface area contributed by atoms with Crippen LogP contribution in [0.15, 0.2) is 47.3 Å². The predicted octanol–water partition coefficient (Wildman–Crippen LogP) is 2.56.